The van der Waals surface area contributed by atoms with Crippen molar-refractivity contribution in [2.24, 2.45) is 0 Å². The molecule has 0 bridgehead atoms. The Kier molecular flexibility index (Phi) is 8.49. The lowest BCUT2D eigenvalue weighted by atomic mass is 10.1. The van der Waals surface area contributed by atoms with Gasteiger partial charge >= 0.3 is 0 Å². The zero-order valence-electron chi connectivity index (χ0n) is 13.3. The Bertz CT molecular complexity index is 421. The topological polar surface area (TPSA) is 45.5 Å². The first kappa shape index (κ1) is 17.5. The molecule has 0 saturated carbocycles. The molecular weight excluding hydrogens is 264 g/mol. The summed E-state index contributed by atoms with van der Waals surface area (Å²) in [6, 6.07) is 9.92. The van der Waals surface area contributed by atoms with Gasteiger partial charge in [-0.25, -0.2) is 0 Å². The van der Waals surface area contributed by atoms with E-state index < -0.39 is 0 Å². The zero-order valence-corrected chi connectivity index (χ0v) is 13.3. The fraction of sp³-hybridized carbons (Fsp3) is 0.588. The van der Waals surface area contributed by atoms with Crippen molar-refractivity contribution in [3.8, 4) is 11.8 Å². The highest BCUT2D eigenvalue weighted by Gasteiger charge is 2.14. The first-order chi connectivity index (χ1) is 10.2. The minimum atomic E-state index is 0.574. The van der Waals surface area contributed by atoms with Crippen molar-refractivity contribution < 1.29 is 9.47 Å². The van der Waals surface area contributed by atoms with E-state index in [1.54, 1.807) is 19.2 Å². The average Bonchev–Trinajstić information content (AvgIpc) is 2.53. The van der Waals surface area contributed by atoms with E-state index in [4.69, 9.17) is 14.7 Å². The largest absolute Gasteiger partial charge is 0.492 e. The monoisotopic (exact) mass is 290 g/mol. The summed E-state index contributed by atoms with van der Waals surface area (Å²) in [5.41, 5.74) is 0.654. The average molecular weight is 290 g/mol. The number of hydrogen-bond donors (Lipinski definition) is 0. The Labute approximate surface area is 128 Å². The van der Waals surface area contributed by atoms with Crippen molar-refractivity contribution >= 4 is 0 Å². The van der Waals surface area contributed by atoms with Crippen LogP contribution >= 0.6 is 0 Å². The van der Waals surface area contributed by atoms with E-state index in [9.17, 15) is 0 Å². The Balaban J connectivity index is 2.46. The van der Waals surface area contributed by atoms with Gasteiger partial charge in [-0.3, -0.25) is 4.90 Å². The molecule has 116 valence electrons. The second-order valence-electron chi connectivity index (χ2n) is 4.98. The minimum Gasteiger partial charge on any atom is -0.492 e. The Hall–Kier alpha value is -1.57. The van der Waals surface area contributed by atoms with E-state index in [0.717, 1.165) is 38.3 Å². The van der Waals surface area contributed by atoms with Crippen molar-refractivity contribution in [2.45, 2.75) is 32.7 Å². The molecule has 0 heterocycles. The van der Waals surface area contributed by atoms with Gasteiger partial charge in [0.25, 0.3) is 0 Å². The molecule has 0 amide bonds. The number of methoxy groups -OCH3 is 1. The third-order valence-electron chi connectivity index (χ3n) is 3.67. The molecule has 21 heavy (non-hydrogen) atoms. The summed E-state index contributed by atoms with van der Waals surface area (Å²) in [5.74, 6) is 0.810. The quantitative estimate of drug-likeness (QED) is 0.664. The molecule has 0 aliphatic carbocycles. The third-order valence-corrected chi connectivity index (χ3v) is 3.67. The standard InChI is InChI=1S/C17H26N2O2/c1-4-16(5-2)19(10-12-20-3)11-13-21-17-8-6-15(14-18)7-9-17/h6-9,16H,4-5,10-13H2,1-3H3. The van der Waals surface area contributed by atoms with Crippen LogP contribution in [0.2, 0.25) is 0 Å². The lowest BCUT2D eigenvalue weighted by Gasteiger charge is -2.30. The normalized spacial score (nSPS) is 10.9. The summed E-state index contributed by atoms with van der Waals surface area (Å²) in [6.45, 7) is 7.64. The van der Waals surface area contributed by atoms with Gasteiger partial charge in [0.15, 0.2) is 0 Å². The highest BCUT2D eigenvalue weighted by atomic mass is 16.5. The molecule has 0 spiro atoms. The molecule has 1 rings (SSSR count). The van der Waals surface area contributed by atoms with Gasteiger partial charge in [0, 0.05) is 26.2 Å². The summed E-state index contributed by atoms with van der Waals surface area (Å²) < 4.78 is 11.0. The van der Waals surface area contributed by atoms with Crippen LogP contribution in [0, 0.1) is 11.3 Å². The summed E-state index contributed by atoms with van der Waals surface area (Å²) >= 11 is 0. The van der Waals surface area contributed by atoms with Crippen molar-refractivity contribution in [1.82, 2.24) is 4.90 Å². The maximum atomic E-state index is 8.77. The minimum absolute atomic E-state index is 0.574. The van der Waals surface area contributed by atoms with Crippen LogP contribution in [0.4, 0.5) is 0 Å². The van der Waals surface area contributed by atoms with E-state index >= 15 is 0 Å². The third kappa shape index (κ3) is 6.16. The maximum absolute atomic E-state index is 8.77. The van der Waals surface area contributed by atoms with E-state index in [1.165, 1.54) is 0 Å². The number of rotatable bonds is 10. The molecule has 0 saturated heterocycles. The molecule has 0 radical (unpaired) electrons. The molecule has 4 nitrogen and oxygen atoms in total. The number of nitriles is 1. The molecule has 1 aromatic rings. The molecule has 1 aromatic carbocycles. The highest BCUT2D eigenvalue weighted by Crippen LogP contribution is 2.12. The number of nitrogens with zero attached hydrogens (tertiary/aromatic N) is 2. The van der Waals surface area contributed by atoms with E-state index in [1.807, 2.05) is 12.1 Å². The van der Waals surface area contributed by atoms with Gasteiger partial charge in [-0.1, -0.05) is 13.8 Å². The summed E-state index contributed by atoms with van der Waals surface area (Å²) in [4.78, 5) is 2.42. The molecule has 4 heteroatoms. The molecule has 0 aliphatic rings. The van der Waals surface area contributed by atoms with Gasteiger partial charge < -0.3 is 9.47 Å². The summed E-state index contributed by atoms with van der Waals surface area (Å²) in [5, 5.41) is 8.77. The van der Waals surface area contributed by atoms with Gasteiger partial charge in [0.2, 0.25) is 0 Å². The van der Waals surface area contributed by atoms with Crippen LogP contribution in [-0.2, 0) is 4.74 Å². The molecular formula is C17H26N2O2. The van der Waals surface area contributed by atoms with Crippen LogP contribution in [0.25, 0.3) is 0 Å². The van der Waals surface area contributed by atoms with Crippen LogP contribution < -0.4 is 4.74 Å². The van der Waals surface area contributed by atoms with E-state index in [0.29, 0.717) is 18.2 Å². The Morgan fingerprint density at radius 3 is 2.24 bits per heavy atom. The second kappa shape index (κ2) is 10.2. The van der Waals surface area contributed by atoms with Crippen molar-refractivity contribution in [2.75, 3.05) is 33.4 Å². The molecule has 0 aromatic heterocycles. The summed E-state index contributed by atoms with van der Waals surface area (Å²) in [6.07, 6.45) is 2.27. The second-order valence-corrected chi connectivity index (χ2v) is 4.98. The van der Waals surface area contributed by atoms with Crippen LogP contribution in [0.3, 0.4) is 0 Å². The van der Waals surface area contributed by atoms with Crippen LogP contribution in [0.15, 0.2) is 24.3 Å². The molecule has 0 fully saturated rings. The Morgan fingerprint density at radius 1 is 1.10 bits per heavy atom. The van der Waals surface area contributed by atoms with E-state index in [2.05, 4.69) is 24.8 Å². The SMILES string of the molecule is CCC(CC)N(CCOC)CCOc1ccc(C#N)cc1. The highest BCUT2D eigenvalue weighted by molar-refractivity contribution is 5.34. The van der Waals surface area contributed by atoms with Gasteiger partial charge in [0.1, 0.15) is 12.4 Å². The van der Waals surface area contributed by atoms with Gasteiger partial charge in [-0.2, -0.15) is 5.26 Å². The van der Waals surface area contributed by atoms with Crippen LogP contribution in [-0.4, -0.2) is 44.4 Å². The summed E-state index contributed by atoms with van der Waals surface area (Å²) in [7, 11) is 1.73. The first-order valence-corrected chi connectivity index (χ1v) is 7.61. The smallest absolute Gasteiger partial charge is 0.119 e. The van der Waals surface area contributed by atoms with Crippen molar-refractivity contribution in [3.63, 3.8) is 0 Å². The molecule has 0 aliphatic heterocycles. The lowest BCUT2D eigenvalue weighted by Crippen LogP contribution is -2.39. The van der Waals surface area contributed by atoms with Gasteiger partial charge in [-0.05, 0) is 37.1 Å². The number of hydrogen-bond acceptors (Lipinski definition) is 4. The van der Waals surface area contributed by atoms with Gasteiger partial charge in [0.05, 0.1) is 18.2 Å². The van der Waals surface area contributed by atoms with Crippen LogP contribution in [0.1, 0.15) is 32.3 Å². The van der Waals surface area contributed by atoms with Crippen molar-refractivity contribution in [3.05, 3.63) is 29.8 Å². The lowest BCUT2D eigenvalue weighted by molar-refractivity contribution is 0.101. The fourth-order valence-electron chi connectivity index (χ4n) is 2.40. The predicted octanol–water partition coefficient (Wildman–Crippen LogP) is 3.07. The van der Waals surface area contributed by atoms with Crippen molar-refractivity contribution in [1.29, 1.82) is 5.26 Å². The number of ether oxygens (including phenoxy) is 2. The van der Waals surface area contributed by atoms with Crippen LogP contribution in [0.5, 0.6) is 5.75 Å². The van der Waals surface area contributed by atoms with Gasteiger partial charge in [-0.15, -0.1) is 0 Å². The molecule has 0 N–H and O–H groups in total. The fourth-order valence-corrected chi connectivity index (χ4v) is 2.40. The zero-order chi connectivity index (χ0) is 15.5. The molecule has 0 unspecified atom stereocenters. The maximum Gasteiger partial charge on any atom is 0.119 e. The number of benzene rings is 1. The molecule has 0 atom stereocenters. The first-order valence-electron chi connectivity index (χ1n) is 7.61. The predicted molar refractivity (Wildman–Crippen MR) is 84.5 cm³/mol. The Morgan fingerprint density at radius 2 is 1.71 bits per heavy atom. The van der Waals surface area contributed by atoms with E-state index in [-0.39, 0.29) is 0 Å².